The van der Waals surface area contributed by atoms with E-state index in [0.717, 1.165) is 11.3 Å². The minimum absolute atomic E-state index is 0.0184. The molecule has 1 saturated heterocycles. The number of carbonyl (C=O) groups excluding carboxylic acids is 2. The maximum atomic E-state index is 12.7. The maximum absolute atomic E-state index is 12.7. The first-order valence-corrected chi connectivity index (χ1v) is 12.1. The van der Waals surface area contributed by atoms with Crippen molar-refractivity contribution in [3.63, 3.8) is 0 Å². The van der Waals surface area contributed by atoms with Gasteiger partial charge in [0.25, 0.3) is 12.3 Å². The summed E-state index contributed by atoms with van der Waals surface area (Å²) in [5, 5.41) is 4.94. The summed E-state index contributed by atoms with van der Waals surface area (Å²) in [6.45, 7) is 4.21. The van der Waals surface area contributed by atoms with Crippen LogP contribution in [0.15, 0.2) is 34.8 Å². The Labute approximate surface area is 205 Å². The van der Waals surface area contributed by atoms with Gasteiger partial charge in [0.1, 0.15) is 12.3 Å². The molecule has 2 aromatic rings. The standard InChI is InChI=1S/C23H26F2N6O3S/c1-15(32)30-7-9-31(10-8-30)16-4-5-18(27-11-16)22(33)29-23-28-20(14-35-23)17-3-2-6-26-19(17)12-34-13-21(24)25/h3-5,11,14,21H,2,6-10,12-13H2,1H3,(H,28,29,33). The quantitative estimate of drug-likeness (QED) is 0.594. The number of aliphatic imine (C=N–C) groups is 1. The number of ether oxygens (including phenoxy) is 1. The Hall–Kier alpha value is -3.25. The summed E-state index contributed by atoms with van der Waals surface area (Å²) in [6.07, 6.45) is 1.78. The number of thiazole rings is 1. The molecule has 2 aliphatic rings. The topological polar surface area (TPSA) is 100 Å². The predicted octanol–water partition coefficient (Wildman–Crippen LogP) is 2.97. The van der Waals surface area contributed by atoms with Gasteiger partial charge in [-0.25, -0.2) is 18.7 Å². The van der Waals surface area contributed by atoms with Crippen molar-refractivity contribution in [1.29, 1.82) is 0 Å². The predicted molar refractivity (Wildman–Crippen MR) is 130 cm³/mol. The third kappa shape index (κ3) is 6.45. The zero-order valence-electron chi connectivity index (χ0n) is 19.2. The molecule has 0 aliphatic carbocycles. The number of dihydropyridines is 1. The summed E-state index contributed by atoms with van der Waals surface area (Å²) < 4.78 is 29.8. The molecule has 0 bridgehead atoms. The molecule has 4 rings (SSSR count). The second-order valence-electron chi connectivity index (χ2n) is 8.03. The molecule has 9 nitrogen and oxygen atoms in total. The number of pyridine rings is 1. The van der Waals surface area contributed by atoms with Gasteiger partial charge < -0.3 is 14.5 Å². The second kappa shape index (κ2) is 11.5. The van der Waals surface area contributed by atoms with Crippen LogP contribution in [0.3, 0.4) is 0 Å². The molecule has 186 valence electrons. The van der Waals surface area contributed by atoms with E-state index in [9.17, 15) is 18.4 Å². The summed E-state index contributed by atoms with van der Waals surface area (Å²) in [5.41, 5.74) is 3.06. The molecule has 0 unspecified atom stereocenters. The van der Waals surface area contributed by atoms with Gasteiger partial charge >= 0.3 is 0 Å². The van der Waals surface area contributed by atoms with Gasteiger partial charge in [0.15, 0.2) is 5.13 Å². The van der Waals surface area contributed by atoms with E-state index in [2.05, 4.69) is 25.2 Å². The minimum atomic E-state index is -2.53. The Morgan fingerprint density at radius 3 is 2.71 bits per heavy atom. The van der Waals surface area contributed by atoms with Crippen LogP contribution in [0.1, 0.15) is 29.5 Å². The van der Waals surface area contributed by atoms with Crippen molar-refractivity contribution in [2.75, 3.05) is 56.2 Å². The minimum Gasteiger partial charge on any atom is -0.369 e. The fraction of sp³-hybridized carbons (Fsp3) is 0.435. The number of hydrogen-bond donors (Lipinski definition) is 1. The number of alkyl halides is 2. The Balaban J connectivity index is 1.34. The summed E-state index contributed by atoms with van der Waals surface area (Å²) >= 11 is 1.26. The van der Waals surface area contributed by atoms with E-state index in [4.69, 9.17) is 4.74 Å². The number of nitrogens with zero attached hydrogens (tertiary/aromatic N) is 5. The molecule has 1 fully saturated rings. The maximum Gasteiger partial charge on any atom is 0.276 e. The first-order valence-electron chi connectivity index (χ1n) is 11.2. The highest BCUT2D eigenvalue weighted by molar-refractivity contribution is 7.14. The first-order chi connectivity index (χ1) is 16.9. The molecule has 0 saturated carbocycles. The van der Waals surface area contributed by atoms with Crippen molar-refractivity contribution < 1.29 is 23.1 Å². The molecule has 12 heteroatoms. The zero-order chi connectivity index (χ0) is 24.8. The van der Waals surface area contributed by atoms with Crippen LogP contribution in [-0.4, -0.2) is 84.8 Å². The average molecular weight is 505 g/mol. The fourth-order valence-corrected chi connectivity index (χ4v) is 4.54. The molecule has 2 aromatic heterocycles. The molecule has 0 aromatic carbocycles. The SMILES string of the molecule is CC(=O)N1CCN(c2ccc(C(=O)Nc3nc(C4=CCCN=C4COCC(F)F)cs3)nc2)CC1. The van der Waals surface area contributed by atoms with Crippen molar-refractivity contribution >= 4 is 45.3 Å². The molecule has 0 atom stereocenters. The highest BCUT2D eigenvalue weighted by Crippen LogP contribution is 2.26. The summed E-state index contributed by atoms with van der Waals surface area (Å²) in [4.78, 5) is 41.3. The molecule has 0 radical (unpaired) electrons. The summed E-state index contributed by atoms with van der Waals surface area (Å²) in [5.74, 6) is -0.311. The molecule has 0 spiro atoms. The largest absolute Gasteiger partial charge is 0.369 e. The highest BCUT2D eigenvalue weighted by atomic mass is 32.1. The fourth-order valence-electron chi connectivity index (χ4n) is 3.83. The monoisotopic (exact) mass is 504 g/mol. The Bertz CT molecular complexity index is 1110. The number of anilines is 2. The van der Waals surface area contributed by atoms with Crippen LogP contribution in [0.4, 0.5) is 19.6 Å². The highest BCUT2D eigenvalue weighted by Gasteiger charge is 2.20. The van der Waals surface area contributed by atoms with Crippen molar-refractivity contribution in [2.45, 2.75) is 19.8 Å². The molecule has 2 aliphatic heterocycles. The lowest BCUT2D eigenvalue weighted by Gasteiger charge is -2.35. The van der Waals surface area contributed by atoms with Crippen molar-refractivity contribution in [3.05, 3.63) is 41.2 Å². The number of hydrogen-bond acceptors (Lipinski definition) is 8. The van der Waals surface area contributed by atoms with E-state index < -0.39 is 13.0 Å². The Morgan fingerprint density at radius 2 is 2.03 bits per heavy atom. The number of amides is 2. The normalized spacial score (nSPS) is 16.2. The van der Waals surface area contributed by atoms with Gasteiger partial charge in [0, 0.05) is 50.6 Å². The Kier molecular flexibility index (Phi) is 8.13. The van der Waals surface area contributed by atoms with Crippen LogP contribution in [0.2, 0.25) is 0 Å². The van der Waals surface area contributed by atoms with E-state index in [1.807, 2.05) is 17.0 Å². The summed E-state index contributed by atoms with van der Waals surface area (Å²) in [6, 6.07) is 3.50. The number of carbonyl (C=O) groups is 2. The van der Waals surface area contributed by atoms with Crippen molar-refractivity contribution in [1.82, 2.24) is 14.9 Å². The van der Waals surface area contributed by atoms with Crippen LogP contribution in [0.5, 0.6) is 0 Å². The van der Waals surface area contributed by atoms with Gasteiger partial charge in [-0.1, -0.05) is 6.08 Å². The second-order valence-corrected chi connectivity index (χ2v) is 8.89. The molecular weight excluding hydrogens is 478 g/mol. The Morgan fingerprint density at radius 1 is 1.23 bits per heavy atom. The molecule has 35 heavy (non-hydrogen) atoms. The number of piperazine rings is 1. The van der Waals surface area contributed by atoms with E-state index in [-0.39, 0.29) is 24.1 Å². The van der Waals surface area contributed by atoms with Crippen LogP contribution in [0, 0.1) is 0 Å². The van der Waals surface area contributed by atoms with Crippen LogP contribution >= 0.6 is 11.3 Å². The lowest BCUT2D eigenvalue weighted by atomic mass is 10.0. The van der Waals surface area contributed by atoms with E-state index in [0.29, 0.717) is 55.7 Å². The zero-order valence-corrected chi connectivity index (χ0v) is 20.1. The van der Waals surface area contributed by atoms with Crippen molar-refractivity contribution in [2.24, 2.45) is 4.99 Å². The van der Waals surface area contributed by atoms with Gasteiger partial charge in [-0.3, -0.25) is 19.9 Å². The van der Waals surface area contributed by atoms with Gasteiger partial charge in [-0.05, 0) is 18.6 Å². The smallest absolute Gasteiger partial charge is 0.276 e. The van der Waals surface area contributed by atoms with Crippen LogP contribution in [-0.2, 0) is 9.53 Å². The molecule has 4 heterocycles. The van der Waals surface area contributed by atoms with Crippen molar-refractivity contribution in [3.8, 4) is 0 Å². The van der Waals surface area contributed by atoms with Gasteiger partial charge in [-0.15, -0.1) is 11.3 Å². The lowest BCUT2D eigenvalue weighted by Crippen LogP contribution is -2.48. The van der Waals surface area contributed by atoms with Crippen LogP contribution < -0.4 is 10.2 Å². The summed E-state index contributed by atoms with van der Waals surface area (Å²) in [7, 11) is 0. The molecule has 2 amide bonds. The number of halogens is 2. The number of nitrogens with one attached hydrogen (secondary N) is 1. The first kappa shape index (κ1) is 24.9. The van der Waals surface area contributed by atoms with E-state index >= 15 is 0 Å². The van der Waals surface area contributed by atoms with Gasteiger partial charge in [-0.2, -0.15) is 0 Å². The third-order valence-corrected chi connectivity index (χ3v) is 6.40. The van der Waals surface area contributed by atoms with Crippen LogP contribution in [0.25, 0.3) is 5.57 Å². The average Bonchev–Trinajstić information content (AvgIpc) is 3.32. The van der Waals surface area contributed by atoms with E-state index in [1.165, 1.54) is 11.3 Å². The van der Waals surface area contributed by atoms with E-state index in [1.54, 1.807) is 24.6 Å². The lowest BCUT2D eigenvalue weighted by molar-refractivity contribution is -0.129. The number of rotatable bonds is 8. The third-order valence-electron chi connectivity index (χ3n) is 5.64. The molecule has 1 N–H and O–H groups in total. The van der Waals surface area contributed by atoms with Gasteiger partial charge in [0.05, 0.1) is 29.9 Å². The number of aromatic nitrogens is 2. The molecular formula is C23H26F2N6O3S. The van der Waals surface area contributed by atoms with Gasteiger partial charge in [0.2, 0.25) is 5.91 Å².